The van der Waals surface area contributed by atoms with Gasteiger partial charge < -0.3 is 9.84 Å². The van der Waals surface area contributed by atoms with Gasteiger partial charge in [-0.2, -0.15) is 13.2 Å². The molecule has 1 aromatic rings. The van der Waals surface area contributed by atoms with Gasteiger partial charge in [-0.05, 0) is 37.7 Å². The van der Waals surface area contributed by atoms with Crippen molar-refractivity contribution in [3.05, 3.63) is 29.6 Å². The van der Waals surface area contributed by atoms with Crippen LogP contribution < -0.4 is 4.74 Å². The summed E-state index contributed by atoms with van der Waals surface area (Å²) in [7, 11) is 1.45. The van der Waals surface area contributed by atoms with Gasteiger partial charge in [0.2, 0.25) is 0 Å². The van der Waals surface area contributed by atoms with Crippen LogP contribution in [0.4, 0.5) is 13.2 Å². The molecule has 0 bridgehead atoms. The fourth-order valence-corrected chi connectivity index (χ4v) is 2.75. The number of pyridine rings is 1. The quantitative estimate of drug-likeness (QED) is 0.900. The maximum absolute atomic E-state index is 12.6. The number of carboxylic acids is 1. The number of rotatable bonds is 4. The van der Waals surface area contributed by atoms with Crippen LogP contribution in [-0.2, 0) is 0 Å². The fraction of sp³-hybridized carbons (Fsp3) is 0.500. The van der Waals surface area contributed by atoms with Crippen LogP contribution in [0.15, 0.2) is 18.3 Å². The smallest absolute Gasteiger partial charge is 0.391 e. The number of hydrogen-bond donors (Lipinski definition) is 1. The first-order valence-electron chi connectivity index (χ1n) is 7.33. The van der Waals surface area contributed by atoms with Crippen molar-refractivity contribution in [2.24, 2.45) is 11.8 Å². The van der Waals surface area contributed by atoms with Gasteiger partial charge in [0.25, 0.3) is 0 Å². The van der Waals surface area contributed by atoms with Crippen molar-refractivity contribution in [2.75, 3.05) is 7.11 Å². The van der Waals surface area contributed by atoms with Gasteiger partial charge in [0.15, 0.2) is 0 Å². The molecule has 0 amide bonds. The van der Waals surface area contributed by atoms with E-state index in [1.165, 1.54) is 19.4 Å². The van der Waals surface area contributed by atoms with Gasteiger partial charge in [0.05, 0.1) is 19.2 Å². The van der Waals surface area contributed by atoms with E-state index >= 15 is 0 Å². The van der Waals surface area contributed by atoms with Crippen molar-refractivity contribution in [3.8, 4) is 5.75 Å². The predicted molar refractivity (Wildman–Crippen MR) is 78.3 cm³/mol. The van der Waals surface area contributed by atoms with E-state index in [4.69, 9.17) is 9.84 Å². The number of allylic oxidation sites excluding steroid dienone is 1. The summed E-state index contributed by atoms with van der Waals surface area (Å²) in [5, 5.41) is 8.96. The van der Waals surface area contributed by atoms with Crippen LogP contribution in [0.2, 0.25) is 0 Å². The molecule has 1 aliphatic carbocycles. The second-order valence-corrected chi connectivity index (χ2v) is 5.63. The van der Waals surface area contributed by atoms with Crippen LogP contribution in [0, 0.1) is 11.8 Å². The lowest BCUT2D eigenvalue weighted by molar-refractivity contribution is -0.183. The van der Waals surface area contributed by atoms with Crippen LogP contribution in [0.3, 0.4) is 0 Å². The molecule has 0 spiro atoms. The zero-order valence-electron chi connectivity index (χ0n) is 12.6. The molecule has 1 aliphatic rings. The molecule has 7 heteroatoms. The zero-order valence-corrected chi connectivity index (χ0v) is 12.6. The Morgan fingerprint density at radius 1 is 1.35 bits per heavy atom. The fourth-order valence-electron chi connectivity index (χ4n) is 2.75. The van der Waals surface area contributed by atoms with E-state index in [1.807, 2.05) is 6.08 Å². The van der Waals surface area contributed by atoms with E-state index in [-0.39, 0.29) is 24.5 Å². The Morgan fingerprint density at radius 3 is 2.52 bits per heavy atom. The highest BCUT2D eigenvalue weighted by molar-refractivity contribution is 5.86. The highest BCUT2D eigenvalue weighted by Gasteiger charge is 2.40. The van der Waals surface area contributed by atoms with Crippen molar-refractivity contribution in [1.29, 1.82) is 0 Å². The minimum Gasteiger partial charge on any atom is -0.495 e. The molecule has 0 aromatic carbocycles. The molecule has 126 valence electrons. The zero-order chi connectivity index (χ0) is 17.0. The number of nitrogens with zero attached hydrogens (tertiary/aromatic N) is 1. The van der Waals surface area contributed by atoms with Crippen LogP contribution in [0.5, 0.6) is 5.75 Å². The lowest BCUT2D eigenvalue weighted by Gasteiger charge is -2.28. The van der Waals surface area contributed by atoms with E-state index in [1.54, 1.807) is 6.08 Å². The third-order valence-corrected chi connectivity index (χ3v) is 4.12. The number of alkyl halides is 3. The van der Waals surface area contributed by atoms with E-state index in [9.17, 15) is 18.0 Å². The summed E-state index contributed by atoms with van der Waals surface area (Å²) in [6.07, 6.45) is 1.95. The number of halogens is 3. The highest BCUT2D eigenvalue weighted by atomic mass is 19.4. The van der Waals surface area contributed by atoms with Crippen molar-refractivity contribution in [2.45, 2.75) is 31.9 Å². The number of methoxy groups -OCH3 is 1. The van der Waals surface area contributed by atoms with Gasteiger partial charge >= 0.3 is 12.1 Å². The second kappa shape index (κ2) is 7.02. The maximum Gasteiger partial charge on any atom is 0.391 e. The first-order valence-corrected chi connectivity index (χ1v) is 7.33. The molecular weight excluding hydrogens is 311 g/mol. The molecule has 0 radical (unpaired) electrons. The minimum absolute atomic E-state index is 0.0553. The van der Waals surface area contributed by atoms with Gasteiger partial charge in [0, 0.05) is 5.56 Å². The summed E-state index contributed by atoms with van der Waals surface area (Å²) in [5.41, 5.74) is 0.448. The van der Waals surface area contributed by atoms with Gasteiger partial charge in [-0.1, -0.05) is 12.2 Å². The van der Waals surface area contributed by atoms with E-state index in [0.717, 1.165) is 0 Å². The van der Waals surface area contributed by atoms with E-state index in [0.29, 0.717) is 24.2 Å². The molecule has 1 N–H and O–H groups in total. The Labute approximate surface area is 132 Å². The van der Waals surface area contributed by atoms with Crippen molar-refractivity contribution in [3.63, 3.8) is 0 Å². The summed E-state index contributed by atoms with van der Waals surface area (Å²) in [4.78, 5) is 14.7. The summed E-state index contributed by atoms with van der Waals surface area (Å²) in [5.74, 6) is -1.87. The van der Waals surface area contributed by atoms with Crippen LogP contribution >= 0.6 is 0 Å². The first-order chi connectivity index (χ1) is 10.8. The Hall–Kier alpha value is -2.05. The molecule has 0 unspecified atom stereocenters. The lowest BCUT2D eigenvalue weighted by atomic mass is 9.81. The first kappa shape index (κ1) is 17.3. The van der Waals surface area contributed by atoms with Crippen molar-refractivity contribution in [1.82, 2.24) is 4.98 Å². The normalized spacial score (nSPS) is 22.3. The highest BCUT2D eigenvalue weighted by Crippen LogP contribution is 2.40. The molecular formula is C16H18F3NO3. The Kier molecular flexibility index (Phi) is 5.28. The lowest BCUT2D eigenvalue weighted by Crippen LogP contribution is -2.27. The SMILES string of the molecule is COc1cnc(C(=O)O)cc1/C=C/[C@H]1CC[C@H](C(F)(F)F)CC1. The number of aromatic carboxylic acids is 1. The molecule has 1 heterocycles. The second-order valence-electron chi connectivity index (χ2n) is 5.63. The van der Waals surface area contributed by atoms with Crippen molar-refractivity contribution < 1.29 is 27.8 Å². The molecule has 1 fully saturated rings. The number of carbonyl (C=O) groups is 1. The average molecular weight is 329 g/mol. The summed E-state index contributed by atoms with van der Waals surface area (Å²) in [6, 6.07) is 1.39. The summed E-state index contributed by atoms with van der Waals surface area (Å²) in [6.45, 7) is 0. The Bertz CT molecular complexity index is 591. The van der Waals surface area contributed by atoms with Gasteiger partial charge in [-0.15, -0.1) is 0 Å². The molecule has 0 aliphatic heterocycles. The molecule has 2 rings (SSSR count). The number of hydrogen-bond acceptors (Lipinski definition) is 3. The Balaban J connectivity index is 2.06. The molecule has 23 heavy (non-hydrogen) atoms. The topological polar surface area (TPSA) is 59.4 Å². The summed E-state index contributed by atoms with van der Waals surface area (Å²) >= 11 is 0. The standard InChI is InChI=1S/C16H18F3NO3/c1-23-14-9-20-13(15(21)22)8-11(14)5-2-10-3-6-12(7-4-10)16(17,18)19/h2,5,8-10,12H,3-4,6-7H2,1H3,(H,21,22)/b5-2+/t10-,12-. The number of ether oxygens (including phenoxy) is 1. The van der Waals surface area contributed by atoms with Gasteiger partial charge in [-0.3, -0.25) is 0 Å². The third kappa shape index (κ3) is 4.46. The largest absolute Gasteiger partial charge is 0.495 e. The monoisotopic (exact) mass is 329 g/mol. The molecule has 1 aromatic heterocycles. The predicted octanol–water partition coefficient (Wildman–Crippen LogP) is 4.17. The van der Waals surface area contributed by atoms with Crippen molar-refractivity contribution >= 4 is 12.0 Å². The van der Waals surface area contributed by atoms with Gasteiger partial charge in [-0.25, -0.2) is 9.78 Å². The van der Waals surface area contributed by atoms with Crippen LogP contribution in [0.1, 0.15) is 41.7 Å². The van der Waals surface area contributed by atoms with Crippen LogP contribution in [-0.4, -0.2) is 29.3 Å². The maximum atomic E-state index is 12.6. The average Bonchev–Trinajstić information content (AvgIpc) is 2.52. The molecule has 4 nitrogen and oxygen atoms in total. The summed E-state index contributed by atoms with van der Waals surface area (Å²) < 4.78 is 43.0. The third-order valence-electron chi connectivity index (χ3n) is 4.12. The van der Waals surface area contributed by atoms with E-state index in [2.05, 4.69) is 4.98 Å². The minimum atomic E-state index is -4.11. The number of aromatic nitrogens is 1. The molecule has 0 atom stereocenters. The number of carboxylic acid groups (broad SMARTS) is 1. The molecule has 1 saturated carbocycles. The Morgan fingerprint density at radius 2 is 2.00 bits per heavy atom. The van der Waals surface area contributed by atoms with Gasteiger partial charge in [0.1, 0.15) is 11.4 Å². The van der Waals surface area contributed by atoms with E-state index < -0.39 is 18.1 Å². The van der Waals surface area contributed by atoms with Crippen LogP contribution in [0.25, 0.3) is 6.08 Å². The molecule has 0 saturated heterocycles.